The van der Waals surface area contributed by atoms with Crippen molar-refractivity contribution in [3.8, 4) is 78.4 Å². The zero-order chi connectivity index (χ0) is 39.8. The van der Waals surface area contributed by atoms with Gasteiger partial charge < -0.3 is 4.57 Å². The fraction of sp³-hybridized carbons (Fsp3) is 0. The monoisotopic (exact) mass is 765 g/mol. The van der Waals surface area contributed by atoms with Gasteiger partial charge in [0.2, 0.25) is 0 Å². The summed E-state index contributed by atoms with van der Waals surface area (Å²) in [5, 5.41) is 7.60. The van der Waals surface area contributed by atoms with E-state index in [0.717, 1.165) is 33.8 Å². The third kappa shape index (κ3) is 6.21. The summed E-state index contributed by atoms with van der Waals surface area (Å²) in [6.07, 6.45) is 0. The third-order valence-corrected chi connectivity index (χ3v) is 11.6. The Bertz CT molecular complexity index is 3290. The highest BCUT2D eigenvalue weighted by Crippen LogP contribution is 2.42. The van der Waals surface area contributed by atoms with Gasteiger partial charge >= 0.3 is 0 Å². The van der Waals surface area contributed by atoms with Crippen LogP contribution in [-0.4, -0.2) is 14.3 Å². The molecule has 3 heteroatoms. The van der Waals surface area contributed by atoms with Crippen LogP contribution in [0.15, 0.2) is 237 Å². The van der Waals surface area contributed by atoms with Crippen LogP contribution in [0, 0.1) is 0 Å². The van der Waals surface area contributed by atoms with Crippen molar-refractivity contribution < 1.29 is 0 Å². The van der Waals surface area contributed by atoms with Crippen molar-refractivity contribution in [3.05, 3.63) is 237 Å². The first-order chi connectivity index (χ1) is 29.8. The minimum Gasteiger partial charge on any atom is -0.309 e. The van der Waals surface area contributed by atoms with E-state index in [1.807, 2.05) is 6.07 Å². The first-order valence-corrected chi connectivity index (χ1v) is 20.5. The van der Waals surface area contributed by atoms with Gasteiger partial charge in [-0.1, -0.05) is 194 Å². The molecule has 282 valence electrons. The molecule has 11 rings (SSSR count). The zero-order valence-corrected chi connectivity index (χ0v) is 32.9. The summed E-state index contributed by atoms with van der Waals surface area (Å²) in [5.74, 6) is 0. The number of nitrogens with zero attached hydrogens (tertiary/aromatic N) is 3. The molecule has 0 N–H and O–H groups in total. The highest BCUT2D eigenvalue weighted by Gasteiger charge is 2.19. The average molecular weight is 766 g/mol. The molecule has 0 fully saturated rings. The van der Waals surface area contributed by atoms with Crippen LogP contribution in [0.25, 0.3) is 100 Å². The lowest BCUT2D eigenvalue weighted by atomic mass is 9.89. The molecule has 3 nitrogen and oxygen atoms in total. The van der Waals surface area contributed by atoms with Gasteiger partial charge in [0.15, 0.2) is 0 Å². The summed E-state index contributed by atoms with van der Waals surface area (Å²) in [6.45, 7) is 0. The van der Waals surface area contributed by atoms with Gasteiger partial charge in [-0.15, -0.1) is 0 Å². The number of benzene rings is 9. The third-order valence-electron chi connectivity index (χ3n) is 11.6. The molecule has 9 aromatic carbocycles. The van der Waals surface area contributed by atoms with Crippen molar-refractivity contribution in [2.45, 2.75) is 0 Å². The molecule has 2 aromatic heterocycles. The topological polar surface area (TPSA) is 22.8 Å². The predicted molar refractivity (Wildman–Crippen MR) is 251 cm³/mol. The molecule has 0 aliphatic heterocycles. The minimum absolute atomic E-state index is 0.945. The maximum absolute atomic E-state index is 5.13. The number of rotatable bonds is 8. The fourth-order valence-electron chi connectivity index (χ4n) is 8.79. The molecule has 0 spiro atoms. The van der Waals surface area contributed by atoms with Crippen molar-refractivity contribution in [2.75, 3.05) is 0 Å². The molecule has 0 saturated heterocycles. The van der Waals surface area contributed by atoms with E-state index in [1.165, 1.54) is 66.4 Å². The summed E-state index contributed by atoms with van der Waals surface area (Å²) in [7, 11) is 0. The number of para-hydroxylation sites is 2. The Kier molecular flexibility index (Phi) is 8.83. The average Bonchev–Trinajstić information content (AvgIpc) is 3.93. The van der Waals surface area contributed by atoms with Crippen LogP contribution < -0.4 is 0 Å². The van der Waals surface area contributed by atoms with Gasteiger partial charge in [-0.25, -0.2) is 4.68 Å². The Labute approximate surface area is 349 Å². The molecule has 0 saturated carbocycles. The smallest absolute Gasteiger partial charge is 0.0934 e. The number of aromatic nitrogens is 3. The maximum Gasteiger partial charge on any atom is 0.0934 e. The summed E-state index contributed by atoms with van der Waals surface area (Å²) >= 11 is 0. The summed E-state index contributed by atoms with van der Waals surface area (Å²) < 4.78 is 4.49. The number of fused-ring (bicyclic) bond motifs is 3. The Morgan fingerprint density at radius 2 is 0.783 bits per heavy atom. The molecule has 0 radical (unpaired) electrons. The normalized spacial score (nSPS) is 11.3. The van der Waals surface area contributed by atoms with Gasteiger partial charge in [0.05, 0.1) is 33.8 Å². The minimum atomic E-state index is 0.945. The highest BCUT2D eigenvalue weighted by atomic mass is 15.3. The molecule has 0 aliphatic carbocycles. The van der Waals surface area contributed by atoms with Crippen molar-refractivity contribution in [2.24, 2.45) is 0 Å². The van der Waals surface area contributed by atoms with Gasteiger partial charge in [0, 0.05) is 27.5 Å². The lowest BCUT2D eigenvalue weighted by Crippen LogP contribution is -1.99. The van der Waals surface area contributed by atoms with Crippen LogP contribution in [0.2, 0.25) is 0 Å². The molecule has 0 bridgehead atoms. The number of hydrogen-bond acceptors (Lipinski definition) is 1. The highest BCUT2D eigenvalue weighted by molar-refractivity contribution is 6.11. The second-order valence-corrected chi connectivity index (χ2v) is 15.2. The van der Waals surface area contributed by atoms with Crippen LogP contribution in [0.5, 0.6) is 0 Å². The number of hydrogen-bond donors (Lipinski definition) is 0. The molecule has 0 atom stereocenters. The Balaban J connectivity index is 0.998. The lowest BCUT2D eigenvalue weighted by molar-refractivity contribution is 0.892. The molecular weight excluding hydrogens is 727 g/mol. The molecule has 60 heavy (non-hydrogen) atoms. The quantitative estimate of drug-likeness (QED) is 0.151. The van der Waals surface area contributed by atoms with E-state index in [9.17, 15) is 0 Å². The van der Waals surface area contributed by atoms with E-state index in [0.29, 0.717) is 0 Å². The van der Waals surface area contributed by atoms with Crippen LogP contribution >= 0.6 is 0 Å². The SMILES string of the molecule is c1ccc(-c2cc(-c3ccccc3)n(-c3ccc(-c4ccccc4-c4ccccc4-c4ccc5c(c4)c4ccccc4n5-c4ccccc4-c4ccccc4)cc3)n2)cc1. The molecule has 11 aromatic rings. The maximum atomic E-state index is 5.13. The standard InChI is InChI=1S/C57H39N3/c1-4-18-40(19-5-1)48-26-14-16-30-54(48)59-55-31-17-15-29-51(55)52-38-44(34-37-56(52)59)47-25-11-13-28-50(47)49-27-12-10-24-46(49)41-32-35-45(36-33-41)60-57(43-22-8-3-9-23-43)39-53(58-60)42-20-6-2-7-21-42/h1-39H. The lowest BCUT2D eigenvalue weighted by Gasteiger charge is -2.16. The van der Waals surface area contributed by atoms with E-state index in [2.05, 4.69) is 240 Å². The summed E-state index contributed by atoms with van der Waals surface area (Å²) in [5.41, 5.74) is 18.3. The Morgan fingerprint density at radius 1 is 0.300 bits per heavy atom. The van der Waals surface area contributed by atoms with Gasteiger partial charge in [0.1, 0.15) is 0 Å². The second kappa shape index (κ2) is 15.1. The van der Waals surface area contributed by atoms with Crippen LogP contribution in [0.4, 0.5) is 0 Å². The van der Waals surface area contributed by atoms with Crippen molar-refractivity contribution in [1.29, 1.82) is 0 Å². The van der Waals surface area contributed by atoms with Gasteiger partial charge in [0.25, 0.3) is 0 Å². The van der Waals surface area contributed by atoms with Gasteiger partial charge in [-0.3, -0.25) is 0 Å². The predicted octanol–water partition coefficient (Wildman–Crippen LogP) is 15.0. The first-order valence-electron chi connectivity index (χ1n) is 20.5. The van der Waals surface area contributed by atoms with E-state index >= 15 is 0 Å². The van der Waals surface area contributed by atoms with E-state index in [1.54, 1.807) is 0 Å². The van der Waals surface area contributed by atoms with Crippen LogP contribution in [-0.2, 0) is 0 Å². The van der Waals surface area contributed by atoms with E-state index in [-0.39, 0.29) is 0 Å². The molecule has 2 heterocycles. The van der Waals surface area contributed by atoms with Crippen molar-refractivity contribution in [1.82, 2.24) is 14.3 Å². The van der Waals surface area contributed by atoms with Crippen LogP contribution in [0.1, 0.15) is 0 Å². The van der Waals surface area contributed by atoms with Gasteiger partial charge in [-0.05, 0) is 81.4 Å². The molecule has 0 amide bonds. The first kappa shape index (κ1) is 35.2. The van der Waals surface area contributed by atoms with Crippen LogP contribution in [0.3, 0.4) is 0 Å². The van der Waals surface area contributed by atoms with E-state index < -0.39 is 0 Å². The van der Waals surface area contributed by atoms with E-state index in [4.69, 9.17) is 5.10 Å². The fourth-order valence-corrected chi connectivity index (χ4v) is 8.79. The van der Waals surface area contributed by atoms with Gasteiger partial charge in [-0.2, -0.15) is 5.10 Å². The second-order valence-electron chi connectivity index (χ2n) is 15.2. The van der Waals surface area contributed by atoms with Crippen molar-refractivity contribution >= 4 is 21.8 Å². The molecule has 0 aliphatic rings. The Hall–Kier alpha value is -8.01. The summed E-state index contributed by atoms with van der Waals surface area (Å²) in [4.78, 5) is 0. The molecule has 0 unspecified atom stereocenters. The summed E-state index contributed by atoms with van der Waals surface area (Å²) in [6, 6.07) is 84.6. The Morgan fingerprint density at radius 3 is 1.47 bits per heavy atom. The van der Waals surface area contributed by atoms with Crippen molar-refractivity contribution in [3.63, 3.8) is 0 Å². The largest absolute Gasteiger partial charge is 0.309 e. The molecular formula is C57H39N3. The zero-order valence-electron chi connectivity index (χ0n) is 32.9.